The molecule has 17 heavy (non-hydrogen) atoms. The average molecular weight is 266 g/mol. The SMILES string of the molecule is CSc1cccc2sc(N3CCC(O)C3)nc12. The summed E-state index contributed by atoms with van der Waals surface area (Å²) in [5.74, 6) is 0. The number of aromatic nitrogens is 1. The molecule has 1 atom stereocenters. The molecule has 2 aromatic rings. The third kappa shape index (κ3) is 2.03. The van der Waals surface area contributed by atoms with Gasteiger partial charge in [0.05, 0.1) is 16.3 Å². The number of fused-ring (bicyclic) bond motifs is 1. The first-order valence-electron chi connectivity index (χ1n) is 5.64. The Morgan fingerprint density at radius 2 is 2.41 bits per heavy atom. The Morgan fingerprint density at radius 1 is 1.53 bits per heavy atom. The molecule has 1 aliphatic heterocycles. The van der Waals surface area contributed by atoms with E-state index in [-0.39, 0.29) is 6.10 Å². The molecule has 3 rings (SSSR count). The second kappa shape index (κ2) is 4.48. The van der Waals surface area contributed by atoms with Gasteiger partial charge in [-0.05, 0) is 24.8 Å². The number of benzene rings is 1. The fourth-order valence-electron chi connectivity index (χ4n) is 2.13. The zero-order chi connectivity index (χ0) is 11.8. The van der Waals surface area contributed by atoms with E-state index in [9.17, 15) is 5.11 Å². The summed E-state index contributed by atoms with van der Waals surface area (Å²) in [5, 5.41) is 10.6. The molecule has 2 heterocycles. The topological polar surface area (TPSA) is 36.4 Å². The first kappa shape index (κ1) is 11.3. The molecule has 5 heteroatoms. The monoisotopic (exact) mass is 266 g/mol. The van der Waals surface area contributed by atoms with Gasteiger partial charge in [-0.2, -0.15) is 0 Å². The van der Waals surface area contributed by atoms with Crippen LogP contribution in [-0.4, -0.2) is 35.5 Å². The van der Waals surface area contributed by atoms with E-state index >= 15 is 0 Å². The minimum absolute atomic E-state index is 0.193. The highest BCUT2D eigenvalue weighted by molar-refractivity contribution is 7.98. The molecule has 90 valence electrons. The standard InChI is InChI=1S/C12H14N2OS2/c1-16-9-3-2-4-10-11(9)13-12(17-10)14-6-5-8(15)7-14/h2-4,8,15H,5-7H2,1H3. The number of thiazole rings is 1. The van der Waals surface area contributed by atoms with Gasteiger partial charge in [0.25, 0.3) is 0 Å². The minimum atomic E-state index is -0.193. The fraction of sp³-hybridized carbons (Fsp3) is 0.417. The third-order valence-corrected chi connectivity index (χ3v) is 4.88. The first-order chi connectivity index (χ1) is 8.28. The highest BCUT2D eigenvalue weighted by atomic mass is 32.2. The van der Waals surface area contributed by atoms with Gasteiger partial charge >= 0.3 is 0 Å². The lowest BCUT2D eigenvalue weighted by Gasteiger charge is -2.12. The molecule has 1 aliphatic rings. The van der Waals surface area contributed by atoms with Gasteiger partial charge in [0.1, 0.15) is 0 Å². The zero-order valence-electron chi connectivity index (χ0n) is 9.59. The van der Waals surface area contributed by atoms with Crippen molar-refractivity contribution in [2.45, 2.75) is 17.4 Å². The van der Waals surface area contributed by atoms with Crippen molar-refractivity contribution in [1.82, 2.24) is 4.98 Å². The Bertz CT molecular complexity index is 540. The van der Waals surface area contributed by atoms with Gasteiger partial charge in [-0.1, -0.05) is 17.4 Å². The number of aliphatic hydroxyl groups is 1. The number of rotatable bonds is 2. The molecule has 0 bridgehead atoms. The van der Waals surface area contributed by atoms with Crippen molar-refractivity contribution >= 4 is 38.4 Å². The molecule has 0 aliphatic carbocycles. The van der Waals surface area contributed by atoms with E-state index in [1.807, 2.05) is 0 Å². The zero-order valence-corrected chi connectivity index (χ0v) is 11.2. The Hall–Kier alpha value is -0.780. The van der Waals surface area contributed by atoms with Crippen LogP contribution in [0.4, 0.5) is 5.13 Å². The van der Waals surface area contributed by atoms with E-state index in [0.717, 1.165) is 23.6 Å². The summed E-state index contributed by atoms with van der Waals surface area (Å²) in [5.41, 5.74) is 1.10. The molecule has 1 fully saturated rings. The second-order valence-electron chi connectivity index (χ2n) is 4.19. The van der Waals surface area contributed by atoms with E-state index in [1.54, 1.807) is 23.1 Å². The highest BCUT2D eigenvalue weighted by Crippen LogP contribution is 2.35. The van der Waals surface area contributed by atoms with Crippen LogP contribution >= 0.6 is 23.1 Å². The van der Waals surface area contributed by atoms with E-state index in [1.165, 1.54) is 9.60 Å². The van der Waals surface area contributed by atoms with Gasteiger partial charge in [0.2, 0.25) is 0 Å². The average Bonchev–Trinajstić information content (AvgIpc) is 2.93. The quantitative estimate of drug-likeness (QED) is 0.848. The van der Waals surface area contributed by atoms with Crippen LogP contribution in [0, 0.1) is 0 Å². The Kier molecular flexibility index (Phi) is 2.98. The number of hydrogen-bond donors (Lipinski definition) is 1. The maximum Gasteiger partial charge on any atom is 0.186 e. The van der Waals surface area contributed by atoms with Crippen molar-refractivity contribution in [1.29, 1.82) is 0 Å². The maximum atomic E-state index is 9.57. The molecule has 1 aromatic heterocycles. The van der Waals surface area contributed by atoms with Crippen molar-refractivity contribution in [3.63, 3.8) is 0 Å². The van der Waals surface area contributed by atoms with Gasteiger partial charge in [-0.15, -0.1) is 11.8 Å². The number of anilines is 1. The smallest absolute Gasteiger partial charge is 0.186 e. The van der Waals surface area contributed by atoms with Crippen LogP contribution in [0.15, 0.2) is 23.1 Å². The van der Waals surface area contributed by atoms with Crippen LogP contribution < -0.4 is 4.90 Å². The Morgan fingerprint density at radius 3 is 3.12 bits per heavy atom. The number of thioether (sulfide) groups is 1. The lowest BCUT2D eigenvalue weighted by molar-refractivity contribution is 0.198. The van der Waals surface area contributed by atoms with E-state index in [0.29, 0.717) is 6.54 Å². The molecule has 0 radical (unpaired) electrons. The number of aliphatic hydroxyl groups excluding tert-OH is 1. The largest absolute Gasteiger partial charge is 0.391 e. The first-order valence-corrected chi connectivity index (χ1v) is 7.68. The number of β-amino-alcohol motifs (C(OH)–C–C–N with tert-alkyl or cyclic N) is 1. The van der Waals surface area contributed by atoms with Gasteiger partial charge in [0, 0.05) is 18.0 Å². The summed E-state index contributed by atoms with van der Waals surface area (Å²) in [6.45, 7) is 1.63. The summed E-state index contributed by atoms with van der Waals surface area (Å²) in [4.78, 5) is 8.12. The van der Waals surface area contributed by atoms with Crippen LogP contribution in [0.1, 0.15) is 6.42 Å². The van der Waals surface area contributed by atoms with Crippen molar-refractivity contribution in [2.75, 3.05) is 24.2 Å². The minimum Gasteiger partial charge on any atom is -0.391 e. The molecule has 1 aromatic carbocycles. The van der Waals surface area contributed by atoms with Crippen LogP contribution in [0.3, 0.4) is 0 Å². The predicted octanol–water partition coefficient (Wildman–Crippen LogP) is 2.59. The normalized spacial score (nSPS) is 20.4. The molecular weight excluding hydrogens is 252 g/mol. The lowest BCUT2D eigenvalue weighted by atomic mass is 10.3. The maximum absolute atomic E-state index is 9.57. The Balaban J connectivity index is 2.01. The molecule has 0 amide bonds. The molecule has 0 spiro atoms. The lowest BCUT2D eigenvalue weighted by Crippen LogP contribution is -2.20. The van der Waals surface area contributed by atoms with E-state index < -0.39 is 0 Å². The van der Waals surface area contributed by atoms with Gasteiger partial charge < -0.3 is 10.0 Å². The summed E-state index contributed by atoms with van der Waals surface area (Å²) in [7, 11) is 0. The van der Waals surface area contributed by atoms with E-state index in [2.05, 4.69) is 29.4 Å². The van der Waals surface area contributed by atoms with Gasteiger partial charge in [-0.3, -0.25) is 0 Å². The molecule has 1 unspecified atom stereocenters. The summed E-state index contributed by atoms with van der Waals surface area (Å²) < 4.78 is 1.23. The fourth-order valence-corrected chi connectivity index (χ4v) is 3.78. The number of para-hydroxylation sites is 1. The second-order valence-corrected chi connectivity index (χ2v) is 6.05. The predicted molar refractivity (Wildman–Crippen MR) is 74.2 cm³/mol. The van der Waals surface area contributed by atoms with E-state index in [4.69, 9.17) is 4.98 Å². The van der Waals surface area contributed by atoms with Gasteiger partial charge in [0.15, 0.2) is 5.13 Å². The summed E-state index contributed by atoms with van der Waals surface area (Å²) in [6.07, 6.45) is 2.74. The Labute approximate surface area is 108 Å². The van der Waals surface area contributed by atoms with Crippen molar-refractivity contribution in [3.05, 3.63) is 18.2 Å². The number of hydrogen-bond acceptors (Lipinski definition) is 5. The van der Waals surface area contributed by atoms with Crippen LogP contribution in [0.5, 0.6) is 0 Å². The van der Waals surface area contributed by atoms with Gasteiger partial charge in [-0.25, -0.2) is 4.98 Å². The van der Waals surface area contributed by atoms with Crippen molar-refractivity contribution < 1.29 is 5.11 Å². The molecular formula is C12H14N2OS2. The molecule has 1 saturated heterocycles. The third-order valence-electron chi connectivity index (χ3n) is 3.02. The van der Waals surface area contributed by atoms with Crippen molar-refractivity contribution in [2.24, 2.45) is 0 Å². The molecule has 1 N–H and O–H groups in total. The van der Waals surface area contributed by atoms with Crippen LogP contribution in [0.2, 0.25) is 0 Å². The van der Waals surface area contributed by atoms with Crippen molar-refractivity contribution in [3.8, 4) is 0 Å². The van der Waals surface area contributed by atoms with Crippen LogP contribution in [0.25, 0.3) is 10.2 Å². The molecule has 3 nitrogen and oxygen atoms in total. The number of nitrogens with zero attached hydrogens (tertiary/aromatic N) is 2. The summed E-state index contributed by atoms with van der Waals surface area (Å²) in [6, 6.07) is 6.30. The highest BCUT2D eigenvalue weighted by Gasteiger charge is 2.23. The van der Waals surface area contributed by atoms with Crippen LogP contribution in [-0.2, 0) is 0 Å². The molecule has 0 saturated carbocycles. The summed E-state index contributed by atoms with van der Waals surface area (Å²) >= 11 is 3.45.